The standard InChI is InChI=1S/C14H16ClN3O3S/c1-10-13(11-7-5-4-6-8-11)16-14(12(19)9-15)18(10)22(20,21)17(2)3/h4-8H,9H2,1-3H3. The average molecular weight is 342 g/mol. The Kier molecular flexibility index (Phi) is 4.69. The summed E-state index contributed by atoms with van der Waals surface area (Å²) in [6.07, 6.45) is 0. The van der Waals surface area contributed by atoms with Gasteiger partial charge in [-0.1, -0.05) is 30.3 Å². The maximum absolute atomic E-state index is 12.5. The molecule has 0 radical (unpaired) electrons. The molecule has 8 heteroatoms. The van der Waals surface area contributed by atoms with Crippen LogP contribution in [0.3, 0.4) is 0 Å². The minimum absolute atomic E-state index is 0.181. The molecule has 1 aromatic carbocycles. The molecule has 0 saturated carbocycles. The fourth-order valence-corrected chi connectivity index (χ4v) is 3.28. The van der Waals surface area contributed by atoms with E-state index in [4.69, 9.17) is 11.6 Å². The van der Waals surface area contributed by atoms with Crippen LogP contribution in [0.5, 0.6) is 0 Å². The summed E-state index contributed by atoms with van der Waals surface area (Å²) in [6, 6.07) is 9.08. The molecule has 0 N–H and O–H groups in total. The summed E-state index contributed by atoms with van der Waals surface area (Å²) in [7, 11) is -1.08. The van der Waals surface area contributed by atoms with Crippen molar-refractivity contribution in [2.75, 3.05) is 20.0 Å². The van der Waals surface area contributed by atoms with Gasteiger partial charge in [0.25, 0.3) is 0 Å². The summed E-state index contributed by atoms with van der Waals surface area (Å²) in [5, 5.41) is 0. The lowest BCUT2D eigenvalue weighted by Gasteiger charge is -2.15. The fourth-order valence-electron chi connectivity index (χ4n) is 2.04. The first-order chi connectivity index (χ1) is 10.3. The summed E-state index contributed by atoms with van der Waals surface area (Å²) in [5.41, 5.74) is 1.55. The van der Waals surface area contributed by atoms with E-state index in [1.54, 1.807) is 19.1 Å². The van der Waals surface area contributed by atoms with Crippen LogP contribution in [-0.2, 0) is 10.2 Å². The second-order valence-corrected chi connectivity index (χ2v) is 7.11. The number of rotatable bonds is 5. The van der Waals surface area contributed by atoms with Crippen LogP contribution in [-0.4, -0.2) is 47.4 Å². The predicted octanol–water partition coefficient (Wildman–Crippen LogP) is 1.93. The highest BCUT2D eigenvalue weighted by Crippen LogP contribution is 2.25. The molecule has 0 fully saturated rings. The quantitative estimate of drug-likeness (QED) is 0.615. The number of ketones is 1. The summed E-state index contributed by atoms with van der Waals surface area (Å²) in [5.74, 6) is -1.06. The van der Waals surface area contributed by atoms with Crippen LogP contribution in [0, 0.1) is 6.92 Å². The molecule has 118 valence electrons. The van der Waals surface area contributed by atoms with Crippen molar-refractivity contribution < 1.29 is 13.2 Å². The molecule has 6 nitrogen and oxygen atoms in total. The Bertz CT molecular complexity index is 798. The van der Waals surface area contributed by atoms with E-state index in [0.717, 1.165) is 13.8 Å². The van der Waals surface area contributed by atoms with Gasteiger partial charge >= 0.3 is 10.2 Å². The second-order valence-electron chi connectivity index (χ2n) is 4.85. The SMILES string of the molecule is Cc1c(-c2ccccc2)nc(C(=O)CCl)n1S(=O)(=O)N(C)C. The molecular weight excluding hydrogens is 326 g/mol. The predicted molar refractivity (Wildman–Crippen MR) is 85.5 cm³/mol. The molecule has 1 aromatic heterocycles. The molecule has 0 saturated heterocycles. The van der Waals surface area contributed by atoms with Gasteiger partial charge in [-0.05, 0) is 6.92 Å². The van der Waals surface area contributed by atoms with Crippen molar-refractivity contribution in [1.29, 1.82) is 0 Å². The van der Waals surface area contributed by atoms with Crippen molar-refractivity contribution in [3.8, 4) is 11.3 Å². The summed E-state index contributed by atoms with van der Waals surface area (Å²) < 4.78 is 27.0. The molecule has 0 bridgehead atoms. The molecule has 22 heavy (non-hydrogen) atoms. The molecule has 0 aliphatic heterocycles. The van der Waals surface area contributed by atoms with E-state index in [2.05, 4.69) is 4.98 Å². The number of imidazole rings is 1. The van der Waals surface area contributed by atoms with E-state index in [0.29, 0.717) is 11.4 Å². The number of nitrogens with zero attached hydrogens (tertiary/aromatic N) is 3. The smallest absolute Gasteiger partial charge is 0.289 e. The summed E-state index contributed by atoms with van der Waals surface area (Å²) >= 11 is 5.58. The number of carbonyl (C=O) groups is 1. The van der Waals surface area contributed by atoms with E-state index in [9.17, 15) is 13.2 Å². The zero-order valence-corrected chi connectivity index (χ0v) is 14.0. The maximum Gasteiger partial charge on any atom is 0.309 e. The number of alkyl halides is 1. The van der Waals surface area contributed by atoms with Gasteiger partial charge in [0.15, 0.2) is 5.82 Å². The van der Waals surface area contributed by atoms with Crippen LogP contribution in [0.25, 0.3) is 11.3 Å². The third-order valence-electron chi connectivity index (χ3n) is 3.17. The molecule has 2 aromatic rings. The lowest BCUT2D eigenvalue weighted by Crippen LogP contribution is -2.32. The highest BCUT2D eigenvalue weighted by molar-refractivity contribution is 7.87. The first kappa shape index (κ1) is 16.7. The third-order valence-corrected chi connectivity index (χ3v) is 5.24. The van der Waals surface area contributed by atoms with Gasteiger partial charge < -0.3 is 0 Å². The van der Waals surface area contributed by atoms with Crippen LogP contribution in [0.15, 0.2) is 30.3 Å². The van der Waals surface area contributed by atoms with Gasteiger partial charge in [-0.15, -0.1) is 11.6 Å². The van der Waals surface area contributed by atoms with Crippen LogP contribution in [0.1, 0.15) is 16.3 Å². The van der Waals surface area contributed by atoms with Crippen molar-refractivity contribution in [2.45, 2.75) is 6.92 Å². The van der Waals surface area contributed by atoms with Crippen LogP contribution >= 0.6 is 11.6 Å². The lowest BCUT2D eigenvalue weighted by atomic mass is 10.1. The number of aromatic nitrogens is 2. The van der Waals surface area contributed by atoms with E-state index < -0.39 is 16.0 Å². The normalized spacial score (nSPS) is 11.9. The van der Waals surface area contributed by atoms with Crippen molar-refractivity contribution >= 4 is 27.6 Å². The van der Waals surface area contributed by atoms with E-state index in [-0.39, 0.29) is 11.7 Å². The second kappa shape index (κ2) is 6.20. The first-order valence-electron chi connectivity index (χ1n) is 6.47. The lowest BCUT2D eigenvalue weighted by molar-refractivity contribution is 0.101. The Morgan fingerprint density at radius 1 is 1.27 bits per heavy atom. The molecule has 1 heterocycles. The van der Waals surface area contributed by atoms with Crippen molar-refractivity contribution in [3.05, 3.63) is 41.9 Å². The van der Waals surface area contributed by atoms with Gasteiger partial charge in [0.1, 0.15) is 0 Å². The summed E-state index contributed by atoms with van der Waals surface area (Å²) in [4.78, 5) is 16.2. The monoisotopic (exact) mass is 341 g/mol. The number of halogens is 1. The van der Waals surface area contributed by atoms with E-state index >= 15 is 0 Å². The van der Waals surface area contributed by atoms with Crippen molar-refractivity contribution in [1.82, 2.24) is 13.3 Å². The Morgan fingerprint density at radius 3 is 2.36 bits per heavy atom. The molecular formula is C14H16ClN3O3S. The highest BCUT2D eigenvalue weighted by atomic mass is 35.5. The zero-order valence-electron chi connectivity index (χ0n) is 12.4. The largest absolute Gasteiger partial charge is 0.309 e. The van der Waals surface area contributed by atoms with Gasteiger partial charge in [0, 0.05) is 19.7 Å². The molecule has 0 aliphatic carbocycles. The van der Waals surface area contributed by atoms with E-state index in [1.807, 2.05) is 18.2 Å². The van der Waals surface area contributed by atoms with Gasteiger partial charge in [-0.3, -0.25) is 4.79 Å². The number of hydrogen-bond donors (Lipinski definition) is 0. The topological polar surface area (TPSA) is 72.3 Å². The number of carbonyl (C=O) groups excluding carboxylic acids is 1. The Morgan fingerprint density at radius 2 is 1.86 bits per heavy atom. The molecule has 0 unspecified atom stereocenters. The molecule has 0 amide bonds. The Balaban J connectivity index is 2.77. The fraction of sp³-hybridized carbons (Fsp3) is 0.286. The Hall–Kier alpha value is -1.70. The number of benzene rings is 1. The van der Waals surface area contributed by atoms with Gasteiger partial charge in [-0.25, -0.2) is 8.96 Å². The average Bonchev–Trinajstić information content (AvgIpc) is 2.85. The van der Waals surface area contributed by atoms with Crippen molar-refractivity contribution in [3.63, 3.8) is 0 Å². The molecule has 0 spiro atoms. The zero-order chi connectivity index (χ0) is 16.5. The van der Waals surface area contributed by atoms with Gasteiger partial charge in [0.2, 0.25) is 5.78 Å². The molecule has 2 rings (SSSR count). The van der Waals surface area contributed by atoms with Crippen LogP contribution in [0.4, 0.5) is 0 Å². The first-order valence-corrected chi connectivity index (χ1v) is 8.40. The highest BCUT2D eigenvalue weighted by Gasteiger charge is 2.29. The third kappa shape index (κ3) is 2.79. The van der Waals surface area contributed by atoms with Crippen molar-refractivity contribution in [2.24, 2.45) is 0 Å². The van der Waals surface area contributed by atoms with Gasteiger partial charge in [0.05, 0.1) is 17.3 Å². The molecule has 0 aliphatic rings. The minimum Gasteiger partial charge on any atom is -0.289 e. The van der Waals surface area contributed by atoms with E-state index in [1.165, 1.54) is 14.1 Å². The van der Waals surface area contributed by atoms with Crippen LogP contribution < -0.4 is 0 Å². The maximum atomic E-state index is 12.5. The van der Waals surface area contributed by atoms with Crippen LogP contribution in [0.2, 0.25) is 0 Å². The summed E-state index contributed by atoms with van der Waals surface area (Å²) in [6.45, 7) is 1.61. The number of hydrogen-bond acceptors (Lipinski definition) is 4. The number of Topliss-reactive ketones (excluding diaryl/α,β-unsaturated/α-hetero) is 1. The Labute approximate surface area is 134 Å². The van der Waals surface area contributed by atoms with Gasteiger partial charge in [-0.2, -0.15) is 12.7 Å². The molecule has 0 atom stereocenters. The minimum atomic E-state index is -3.87.